The van der Waals surface area contributed by atoms with Gasteiger partial charge in [-0.25, -0.2) is 9.97 Å². The average Bonchev–Trinajstić information content (AvgIpc) is 2.70. The van der Waals surface area contributed by atoms with Crippen molar-refractivity contribution in [2.24, 2.45) is 0 Å². The van der Waals surface area contributed by atoms with Crippen LogP contribution in [-0.2, 0) is 11.8 Å². The Hall–Kier alpha value is -3.06. The fraction of sp³-hybridized carbons (Fsp3) is 0.318. The highest BCUT2D eigenvalue weighted by Crippen LogP contribution is 2.23. The molecule has 0 saturated carbocycles. The average molecular weight is 425 g/mol. The summed E-state index contributed by atoms with van der Waals surface area (Å²) in [5.74, 6) is -0.393. The Bertz CT molecular complexity index is 1030. The van der Waals surface area contributed by atoms with Gasteiger partial charge in [0, 0.05) is 6.42 Å². The van der Waals surface area contributed by atoms with E-state index in [1.807, 2.05) is 19.1 Å². The molecule has 30 heavy (non-hydrogen) atoms. The highest BCUT2D eigenvalue weighted by molar-refractivity contribution is 6.35. The largest absolute Gasteiger partial charge is 0.382 e. The van der Waals surface area contributed by atoms with Crippen LogP contribution in [0.4, 0.5) is 5.82 Å². The summed E-state index contributed by atoms with van der Waals surface area (Å²) in [5.41, 5.74) is 9.73. The molecule has 2 aromatic heterocycles. The van der Waals surface area contributed by atoms with Crippen molar-refractivity contribution >= 4 is 23.3 Å². The number of halogens is 1. The molecule has 1 amide bonds. The molecule has 0 bridgehead atoms. The van der Waals surface area contributed by atoms with Crippen LogP contribution in [0, 0.1) is 0 Å². The van der Waals surface area contributed by atoms with Crippen molar-refractivity contribution in [2.75, 3.05) is 5.73 Å². The molecule has 0 saturated heterocycles. The van der Waals surface area contributed by atoms with Crippen molar-refractivity contribution in [3.63, 3.8) is 0 Å². The number of amides is 1. The van der Waals surface area contributed by atoms with E-state index in [1.54, 1.807) is 0 Å². The monoisotopic (exact) mass is 424 g/mol. The number of nitrogen functional groups attached to an aromatic ring is 1. The zero-order chi connectivity index (χ0) is 21.9. The van der Waals surface area contributed by atoms with E-state index in [0.717, 1.165) is 5.69 Å². The third-order valence-corrected chi connectivity index (χ3v) is 5.14. The molecule has 1 unspecified atom stereocenters. The lowest BCUT2D eigenvalue weighted by Crippen LogP contribution is -2.28. The first-order valence-corrected chi connectivity index (χ1v) is 10.0. The van der Waals surface area contributed by atoms with Gasteiger partial charge in [-0.1, -0.05) is 56.6 Å². The normalized spacial score (nSPS) is 12.4. The number of hydrogen-bond donors (Lipinski definition) is 2. The van der Waals surface area contributed by atoms with E-state index >= 15 is 0 Å². The highest BCUT2D eigenvalue weighted by Gasteiger charge is 2.19. The molecule has 2 heterocycles. The standard InChI is InChI=1S/C22H25ClN6O/c1-13(27-21(30)19-18(23)20(24)26-12-25-19)17-10-9-16(28-29-17)11-14-5-7-15(8-6-14)22(2,3)4/h5-10,12-13H,11H2,1-4H3,(H,27,30)(H2,24,25,26). The van der Waals surface area contributed by atoms with Crippen LogP contribution in [0.1, 0.15) is 66.7 Å². The minimum absolute atomic E-state index is 0.0271. The second-order valence-corrected chi connectivity index (χ2v) is 8.57. The van der Waals surface area contributed by atoms with Gasteiger partial charge in [0.2, 0.25) is 0 Å². The third kappa shape index (κ3) is 5.10. The number of nitrogens with two attached hydrogens (primary N) is 1. The van der Waals surface area contributed by atoms with Gasteiger partial charge in [0.15, 0.2) is 5.69 Å². The number of carbonyl (C=O) groups is 1. The van der Waals surface area contributed by atoms with E-state index in [-0.39, 0.29) is 28.0 Å². The second-order valence-electron chi connectivity index (χ2n) is 8.19. The summed E-state index contributed by atoms with van der Waals surface area (Å²) in [7, 11) is 0. The fourth-order valence-corrected chi connectivity index (χ4v) is 3.09. The van der Waals surface area contributed by atoms with Crippen molar-refractivity contribution in [3.05, 3.63) is 76.0 Å². The van der Waals surface area contributed by atoms with Crippen molar-refractivity contribution in [2.45, 2.75) is 45.6 Å². The first kappa shape index (κ1) is 21.6. The number of benzene rings is 1. The maximum Gasteiger partial charge on any atom is 0.272 e. The quantitative estimate of drug-likeness (QED) is 0.643. The zero-order valence-electron chi connectivity index (χ0n) is 17.5. The molecule has 1 aromatic carbocycles. The lowest BCUT2D eigenvalue weighted by Gasteiger charge is -2.19. The number of anilines is 1. The summed E-state index contributed by atoms with van der Waals surface area (Å²) in [6, 6.07) is 11.9. The summed E-state index contributed by atoms with van der Waals surface area (Å²) in [6.07, 6.45) is 1.89. The molecule has 0 aliphatic rings. The van der Waals surface area contributed by atoms with Crippen LogP contribution in [-0.4, -0.2) is 26.1 Å². The first-order valence-electron chi connectivity index (χ1n) is 9.64. The highest BCUT2D eigenvalue weighted by atomic mass is 35.5. The summed E-state index contributed by atoms with van der Waals surface area (Å²) < 4.78 is 0. The molecular weight excluding hydrogens is 400 g/mol. The first-order chi connectivity index (χ1) is 14.1. The molecule has 1 atom stereocenters. The Morgan fingerprint density at radius 1 is 1.10 bits per heavy atom. The van der Waals surface area contributed by atoms with E-state index in [4.69, 9.17) is 17.3 Å². The van der Waals surface area contributed by atoms with Crippen LogP contribution < -0.4 is 11.1 Å². The molecule has 3 N–H and O–H groups in total. The summed E-state index contributed by atoms with van der Waals surface area (Å²) in [4.78, 5) is 20.1. The maximum absolute atomic E-state index is 12.4. The molecule has 0 spiro atoms. The lowest BCUT2D eigenvalue weighted by atomic mass is 9.86. The van der Waals surface area contributed by atoms with Crippen LogP contribution in [0.15, 0.2) is 42.7 Å². The minimum Gasteiger partial charge on any atom is -0.382 e. The molecule has 0 fully saturated rings. The van der Waals surface area contributed by atoms with Crippen molar-refractivity contribution in [1.82, 2.24) is 25.5 Å². The van der Waals surface area contributed by atoms with E-state index in [0.29, 0.717) is 12.1 Å². The van der Waals surface area contributed by atoms with Gasteiger partial charge in [0.1, 0.15) is 17.2 Å². The van der Waals surface area contributed by atoms with Gasteiger partial charge in [-0.3, -0.25) is 4.79 Å². The number of nitrogens with one attached hydrogen (secondary N) is 1. The number of carbonyl (C=O) groups excluding carboxylic acids is 1. The van der Waals surface area contributed by atoms with E-state index in [9.17, 15) is 4.79 Å². The van der Waals surface area contributed by atoms with Crippen LogP contribution in [0.25, 0.3) is 0 Å². The van der Waals surface area contributed by atoms with Gasteiger partial charge in [-0.05, 0) is 35.6 Å². The maximum atomic E-state index is 12.4. The number of aromatic nitrogens is 4. The van der Waals surface area contributed by atoms with Gasteiger partial charge in [-0.15, -0.1) is 0 Å². The Labute approximate surface area is 181 Å². The smallest absolute Gasteiger partial charge is 0.272 e. The summed E-state index contributed by atoms with van der Waals surface area (Å²) in [6.45, 7) is 8.39. The van der Waals surface area contributed by atoms with Gasteiger partial charge < -0.3 is 11.1 Å². The van der Waals surface area contributed by atoms with Crippen molar-refractivity contribution in [1.29, 1.82) is 0 Å². The van der Waals surface area contributed by atoms with Crippen LogP contribution >= 0.6 is 11.6 Å². The predicted octanol–water partition coefficient (Wildman–Crippen LogP) is 3.88. The van der Waals surface area contributed by atoms with E-state index in [2.05, 4.69) is 70.5 Å². The number of rotatable bonds is 5. The summed E-state index contributed by atoms with van der Waals surface area (Å²) in [5, 5.41) is 11.4. The molecule has 3 rings (SSSR count). The minimum atomic E-state index is -0.452. The molecule has 3 aromatic rings. The third-order valence-electron chi connectivity index (χ3n) is 4.77. The van der Waals surface area contributed by atoms with Gasteiger partial charge in [-0.2, -0.15) is 10.2 Å². The molecule has 0 aliphatic carbocycles. The number of hydrogen-bond acceptors (Lipinski definition) is 6. The van der Waals surface area contributed by atoms with Gasteiger partial charge in [0.05, 0.1) is 17.4 Å². The Kier molecular flexibility index (Phi) is 6.31. The summed E-state index contributed by atoms with van der Waals surface area (Å²) >= 11 is 6.01. The molecule has 156 valence electrons. The van der Waals surface area contributed by atoms with Gasteiger partial charge in [0.25, 0.3) is 5.91 Å². The Balaban J connectivity index is 1.65. The van der Waals surface area contributed by atoms with Crippen molar-refractivity contribution < 1.29 is 4.79 Å². The molecule has 0 aliphatic heterocycles. The molecule has 8 heteroatoms. The van der Waals surface area contributed by atoms with Gasteiger partial charge >= 0.3 is 0 Å². The van der Waals surface area contributed by atoms with E-state index < -0.39 is 5.91 Å². The second kappa shape index (κ2) is 8.75. The topological polar surface area (TPSA) is 107 Å². The zero-order valence-corrected chi connectivity index (χ0v) is 18.2. The van der Waals surface area contributed by atoms with Crippen molar-refractivity contribution in [3.8, 4) is 0 Å². The van der Waals surface area contributed by atoms with Crippen LogP contribution in [0.2, 0.25) is 5.02 Å². The molecule has 0 radical (unpaired) electrons. The van der Waals surface area contributed by atoms with Crippen LogP contribution in [0.5, 0.6) is 0 Å². The number of nitrogens with zero attached hydrogens (tertiary/aromatic N) is 4. The van der Waals surface area contributed by atoms with Crippen LogP contribution in [0.3, 0.4) is 0 Å². The predicted molar refractivity (Wildman–Crippen MR) is 117 cm³/mol. The fourth-order valence-electron chi connectivity index (χ4n) is 2.91. The lowest BCUT2D eigenvalue weighted by molar-refractivity contribution is 0.0934. The Morgan fingerprint density at radius 3 is 2.40 bits per heavy atom. The molecular formula is C22H25ClN6O. The Morgan fingerprint density at radius 2 is 1.80 bits per heavy atom. The molecule has 7 nitrogen and oxygen atoms in total. The SMILES string of the molecule is CC(NC(=O)c1ncnc(N)c1Cl)c1ccc(Cc2ccc(C(C)(C)C)cc2)nn1. The van der Waals surface area contributed by atoms with E-state index in [1.165, 1.54) is 17.5 Å².